The summed E-state index contributed by atoms with van der Waals surface area (Å²) in [6, 6.07) is 11.9. The quantitative estimate of drug-likeness (QED) is 0.699. The lowest BCUT2D eigenvalue weighted by atomic mass is 10.1. The molecule has 0 radical (unpaired) electrons. The van der Waals surface area contributed by atoms with Crippen molar-refractivity contribution in [2.45, 2.75) is 33.4 Å². The Kier molecular flexibility index (Phi) is 4.90. The molecule has 1 aromatic carbocycles. The average Bonchev–Trinajstić information content (AvgIpc) is 3.18. The zero-order valence-corrected chi connectivity index (χ0v) is 16.6. The Morgan fingerprint density at radius 3 is 2.61 bits per heavy atom. The van der Waals surface area contributed by atoms with Gasteiger partial charge in [0.2, 0.25) is 0 Å². The van der Waals surface area contributed by atoms with Crippen LogP contribution in [0.4, 0.5) is 0 Å². The zero-order valence-electron chi connectivity index (χ0n) is 16.6. The van der Waals surface area contributed by atoms with Crippen molar-refractivity contribution in [3.05, 3.63) is 53.5 Å². The lowest BCUT2D eigenvalue weighted by Crippen LogP contribution is -2.31. The molecule has 3 aromatic rings. The maximum Gasteiger partial charge on any atom is 0.274 e. The summed E-state index contributed by atoms with van der Waals surface area (Å²) in [5.41, 5.74) is 4.48. The Morgan fingerprint density at radius 2 is 1.93 bits per heavy atom. The van der Waals surface area contributed by atoms with Crippen molar-refractivity contribution in [1.82, 2.24) is 24.5 Å². The topological polar surface area (TPSA) is 65.2 Å². The van der Waals surface area contributed by atoms with E-state index >= 15 is 0 Å². The molecule has 1 amide bonds. The van der Waals surface area contributed by atoms with Crippen LogP contribution in [-0.2, 0) is 20.1 Å². The van der Waals surface area contributed by atoms with E-state index < -0.39 is 0 Å². The van der Waals surface area contributed by atoms with Gasteiger partial charge in [-0.15, -0.1) is 0 Å². The van der Waals surface area contributed by atoms with E-state index in [4.69, 9.17) is 9.84 Å². The highest BCUT2D eigenvalue weighted by atomic mass is 16.5. The average molecular weight is 379 g/mol. The molecule has 2 aromatic heterocycles. The number of nitrogens with zero attached hydrogens (tertiary/aromatic N) is 5. The van der Waals surface area contributed by atoms with E-state index in [0.29, 0.717) is 25.4 Å². The van der Waals surface area contributed by atoms with Crippen molar-refractivity contribution in [1.29, 1.82) is 0 Å². The summed E-state index contributed by atoms with van der Waals surface area (Å²) < 4.78 is 9.26. The zero-order chi connectivity index (χ0) is 19.7. The number of rotatable bonds is 4. The smallest absolute Gasteiger partial charge is 0.274 e. The van der Waals surface area contributed by atoms with Crippen LogP contribution in [0.25, 0.3) is 11.3 Å². The molecule has 7 nitrogen and oxygen atoms in total. The van der Waals surface area contributed by atoms with Gasteiger partial charge in [0.1, 0.15) is 5.75 Å². The van der Waals surface area contributed by atoms with Crippen LogP contribution < -0.4 is 4.74 Å². The van der Waals surface area contributed by atoms with Gasteiger partial charge >= 0.3 is 0 Å². The lowest BCUT2D eigenvalue weighted by Gasteiger charge is -2.18. The fraction of sp³-hybridized carbons (Fsp3) is 0.381. The van der Waals surface area contributed by atoms with Gasteiger partial charge in [-0.1, -0.05) is 0 Å². The van der Waals surface area contributed by atoms with Gasteiger partial charge in [0.05, 0.1) is 24.5 Å². The molecular formula is C21H25N5O2. The SMILES string of the molecule is CCOc1ccc(-c2cc3n(n2)CCCN(C(=O)c2cc(C)n(C)n2)C3)cc1. The lowest BCUT2D eigenvalue weighted by molar-refractivity contribution is 0.0739. The molecule has 0 saturated carbocycles. The number of carbonyl (C=O) groups is 1. The molecule has 0 saturated heterocycles. The molecule has 0 fully saturated rings. The molecule has 0 N–H and O–H groups in total. The monoisotopic (exact) mass is 379 g/mol. The normalized spacial score (nSPS) is 13.9. The molecule has 0 spiro atoms. The van der Waals surface area contributed by atoms with E-state index in [0.717, 1.165) is 41.4 Å². The molecule has 0 bridgehead atoms. The third kappa shape index (κ3) is 3.52. The summed E-state index contributed by atoms with van der Waals surface area (Å²) in [7, 11) is 1.85. The summed E-state index contributed by atoms with van der Waals surface area (Å²) in [6.45, 7) is 6.62. The van der Waals surface area contributed by atoms with Crippen LogP contribution in [0.1, 0.15) is 35.2 Å². The van der Waals surface area contributed by atoms with Crippen LogP contribution in [0.15, 0.2) is 36.4 Å². The van der Waals surface area contributed by atoms with E-state index in [-0.39, 0.29) is 5.91 Å². The van der Waals surface area contributed by atoms with Crippen molar-refractivity contribution < 1.29 is 9.53 Å². The second-order valence-electron chi connectivity index (χ2n) is 7.08. The predicted molar refractivity (Wildman–Crippen MR) is 106 cm³/mol. The Bertz CT molecular complexity index is 967. The molecule has 146 valence electrons. The molecule has 28 heavy (non-hydrogen) atoms. The second-order valence-corrected chi connectivity index (χ2v) is 7.08. The van der Waals surface area contributed by atoms with Gasteiger partial charge in [-0.3, -0.25) is 14.2 Å². The number of hydrogen-bond donors (Lipinski definition) is 0. The molecule has 3 heterocycles. The summed E-state index contributed by atoms with van der Waals surface area (Å²) >= 11 is 0. The van der Waals surface area contributed by atoms with E-state index in [9.17, 15) is 4.79 Å². The van der Waals surface area contributed by atoms with Gasteiger partial charge < -0.3 is 9.64 Å². The molecule has 7 heteroatoms. The highest BCUT2D eigenvalue weighted by Crippen LogP contribution is 2.24. The number of fused-ring (bicyclic) bond motifs is 1. The fourth-order valence-corrected chi connectivity index (χ4v) is 3.49. The first-order chi connectivity index (χ1) is 13.5. The minimum atomic E-state index is -0.0269. The van der Waals surface area contributed by atoms with Crippen LogP contribution >= 0.6 is 0 Å². The highest BCUT2D eigenvalue weighted by molar-refractivity contribution is 5.92. The first-order valence-corrected chi connectivity index (χ1v) is 9.65. The number of hydrogen-bond acceptors (Lipinski definition) is 4. The Morgan fingerprint density at radius 1 is 1.14 bits per heavy atom. The number of amides is 1. The highest BCUT2D eigenvalue weighted by Gasteiger charge is 2.24. The minimum Gasteiger partial charge on any atom is -0.494 e. The molecule has 1 aliphatic heterocycles. The maximum absolute atomic E-state index is 12.9. The summed E-state index contributed by atoms with van der Waals surface area (Å²) in [4.78, 5) is 14.8. The van der Waals surface area contributed by atoms with Crippen molar-refractivity contribution in [3.8, 4) is 17.0 Å². The number of carbonyl (C=O) groups excluding carboxylic acids is 1. The molecule has 1 aliphatic rings. The van der Waals surface area contributed by atoms with E-state index in [1.54, 1.807) is 4.68 Å². The van der Waals surface area contributed by atoms with Crippen LogP contribution in [0.2, 0.25) is 0 Å². The molecule has 0 unspecified atom stereocenters. The second kappa shape index (κ2) is 7.50. The number of benzene rings is 1. The van der Waals surface area contributed by atoms with Gasteiger partial charge in [-0.2, -0.15) is 10.2 Å². The van der Waals surface area contributed by atoms with Gasteiger partial charge in [0.25, 0.3) is 5.91 Å². The van der Waals surface area contributed by atoms with E-state index in [2.05, 4.69) is 11.2 Å². The predicted octanol–water partition coefficient (Wildman–Crippen LogP) is 3.04. The van der Waals surface area contributed by atoms with Gasteiger partial charge in [0.15, 0.2) is 5.69 Å². The van der Waals surface area contributed by atoms with Crippen LogP contribution in [0.5, 0.6) is 5.75 Å². The summed E-state index contributed by atoms with van der Waals surface area (Å²) in [5.74, 6) is 0.829. The molecule has 4 rings (SSSR count). The number of aryl methyl sites for hydroxylation is 3. The van der Waals surface area contributed by atoms with Crippen molar-refractivity contribution in [3.63, 3.8) is 0 Å². The first-order valence-electron chi connectivity index (χ1n) is 9.65. The van der Waals surface area contributed by atoms with Crippen LogP contribution in [0.3, 0.4) is 0 Å². The Balaban J connectivity index is 1.55. The maximum atomic E-state index is 12.9. The van der Waals surface area contributed by atoms with Crippen LogP contribution in [0, 0.1) is 6.92 Å². The van der Waals surface area contributed by atoms with Crippen molar-refractivity contribution >= 4 is 5.91 Å². The van der Waals surface area contributed by atoms with E-state index in [1.807, 2.05) is 60.8 Å². The first kappa shape index (κ1) is 18.3. The molecule has 0 aliphatic carbocycles. The fourth-order valence-electron chi connectivity index (χ4n) is 3.49. The number of aromatic nitrogens is 4. The van der Waals surface area contributed by atoms with Gasteiger partial charge in [-0.05, 0) is 56.7 Å². The standard InChI is InChI=1S/C21H25N5O2/c1-4-28-18-8-6-16(7-9-18)19-13-17-14-25(10-5-11-26(17)23-19)21(27)20-12-15(2)24(3)22-20/h6-9,12-13H,4-5,10-11,14H2,1-3H3. The third-order valence-electron chi connectivity index (χ3n) is 5.10. The third-order valence-corrected chi connectivity index (χ3v) is 5.10. The molecular weight excluding hydrogens is 354 g/mol. The van der Waals surface area contributed by atoms with Gasteiger partial charge in [-0.25, -0.2) is 0 Å². The molecule has 0 atom stereocenters. The minimum absolute atomic E-state index is 0.0269. The summed E-state index contributed by atoms with van der Waals surface area (Å²) in [5, 5.41) is 9.10. The van der Waals surface area contributed by atoms with E-state index in [1.165, 1.54) is 0 Å². The van der Waals surface area contributed by atoms with Gasteiger partial charge in [0, 0.05) is 31.4 Å². The van der Waals surface area contributed by atoms with Crippen molar-refractivity contribution in [2.75, 3.05) is 13.2 Å². The Labute approximate surface area is 164 Å². The largest absolute Gasteiger partial charge is 0.494 e. The Hall–Kier alpha value is -3.09. The van der Waals surface area contributed by atoms with Crippen LogP contribution in [-0.4, -0.2) is 43.5 Å². The number of ether oxygens (including phenoxy) is 1. The van der Waals surface area contributed by atoms with Crippen molar-refractivity contribution in [2.24, 2.45) is 7.05 Å². The summed E-state index contributed by atoms with van der Waals surface area (Å²) in [6.07, 6.45) is 0.870.